The van der Waals surface area contributed by atoms with Crippen LogP contribution in [0.4, 0.5) is 5.69 Å². The molecule has 156 valence electrons. The van der Waals surface area contributed by atoms with Crippen LogP contribution >= 0.6 is 0 Å². The first kappa shape index (κ1) is 21.4. The fourth-order valence-electron chi connectivity index (χ4n) is 3.63. The van der Waals surface area contributed by atoms with Crippen molar-refractivity contribution in [2.24, 2.45) is 0 Å². The van der Waals surface area contributed by atoms with Crippen molar-refractivity contribution in [2.75, 3.05) is 18.5 Å². The Kier molecular flexibility index (Phi) is 7.00. The number of carbonyl (C=O) groups excluding carboxylic acids is 1. The van der Waals surface area contributed by atoms with Crippen molar-refractivity contribution < 1.29 is 25.2 Å². The van der Waals surface area contributed by atoms with Crippen LogP contribution in [0.2, 0.25) is 0 Å². The van der Waals surface area contributed by atoms with Crippen LogP contribution in [0.25, 0.3) is 0 Å². The summed E-state index contributed by atoms with van der Waals surface area (Å²) < 4.78 is 0. The molecule has 1 aliphatic rings. The van der Waals surface area contributed by atoms with Gasteiger partial charge in [-0.2, -0.15) is 0 Å². The molecular formula is C22H28N2O5. The molecule has 5 atom stereocenters. The molecule has 1 amide bonds. The highest BCUT2D eigenvalue weighted by Crippen LogP contribution is 2.22. The summed E-state index contributed by atoms with van der Waals surface area (Å²) in [6.07, 6.45) is -3.57. The number of nitrogens with zero attached hydrogens (tertiary/aromatic N) is 1. The van der Waals surface area contributed by atoms with Gasteiger partial charge >= 0.3 is 0 Å². The molecule has 0 bridgehead atoms. The summed E-state index contributed by atoms with van der Waals surface area (Å²) in [5.41, 5.74) is 2.52. The smallest absolute Gasteiger partial charge is 0.231 e. The van der Waals surface area contributed by atoms with Gasteiger partial charge in [0.1, 0.15) is 12.2 Å². The summed E-state index contributed by atoms with van der Waals surface area (Å²) in [5.74, 6) is -0.371. The van der Waals surface area contributed by atoms with Crippen molar-refractivity contribution in [3.8, 4) is 0 Å². The van der Waals surface area contributed by atoms with E-state index in [-0.39, 0.29) is 25.0 Å². The predicted octanol–water partition coefficient (Wildman–Crippen LogP) is 0.688. The highest BCUT2D eigenvalue weighted by atomic mass is 16.4. The van der Waals surface area contributed by atoms with Gasteiger partial charge in [0.15, 0.2) is 0 Å². The third kappa shape index (κ3) is 5.01. The Labute approximate surface area is 170 Å². The number of hydrogen-bond acceptors (Lipinski definition) is 6. The van der Waals surface area contributed by atoms with Crippen LogP contribution in [-0.4, -0.2) is 68.7 Å². The maximum atomic E-state index is 12.5. The molecule has 1 saturated heterocycles. The molecule has 0 spiro atoms. The van der Waals surface area contributed by atoms with E-state index in [1.54, 1.807) is 17.0 Å². The fraction of sp³-hybridized carbons (Fsp3) is 0.409. The predicted molar refractivity (Wildman–Crippen MR) is 109 cm³/mol. The number of nitrogens with one attached hydrogen (secondary N) is 1. The van der Waals surface area contributed by atoms with Crippen LogP contribution in [0, 0.1) is 0 Å². The highest BCUT2D eigenvalue weighted by molar-refractivity contribution is 5.95. The van der Waals surface area contributed by atoms with Crippen LogP contribution in [0.1, 0.15) is 24.0 Å². The molecule has 0 radical (unpaired) electrons. The SMILES string of the molecule is C[C@@H](C(=O)Nc1ccc(CN2C[C@H](O)[C@@H](O)[C@H](O)[C@@H]2CO)cc1)c1ccccc1. The zero-order chi connectivity index (χ0) is 21.0. The second kappa shape index (κ2) is 9.47. The molecular weight excluding hydrogens is 372 g/mol. The number of β-amino-alcohol motifs (C(OH)–C–C–N with tert-alkyl or cyclic N) is 1. The first-order chi connectivity index (χ1) is 13.9. The van der Waals surface area contributed by atoms with E-state index in [4.69, 9.17) is 0 Å². The van der Waals surface area contributed by atoms with Crippen molar-refractivity contribution in [1.29, 1.82) is 0 Å². The van der Waals surface area contributed by atoms with Gasteiger partial charge in [-0.25, -0.2) is 0 Å². The Bertz CT molecular complexity index is 799. The Morgan fingerprint density at radius 1 is 1.07 bits per heavy atom. The summed E-state index contributed by atoms with van der Waals surface area (Å²) in [5, 5.41) is 42.3. The molecule has 3 rings (SSSR count). The van der Waals surface area contributed by atoms with Gasteiger partial charge in [0.25, 0.3) is 0 Å². The lowest BCUT2D eigenvalue weighted by atomic mass is 9.93. The minimum absolute atomic E-state index is 0.0967. The number of piperidine rings is 1. The molecule has 7 heteroatoms. The summed E-state index contributed by atoms with van der Waals surface area (Å²) in [4.78, 5) is 14.2. The largest absolute Gasteiger partial charge is 0.395 e. The third-order valence-electron chi connectivity index (χ3n) is 5.52. The first-order valence-electron chi connectivity index (χ1n) is 9.74. The Balaban J connectivity index is 1.62. The second-order valence-electron chi connectivity index (χ2n) is 7.55. The van der Waals surface area contributed by atoms with E-state index in [9.17, 15) is 25.2 Å². The molecule has 1 aliphatic heterocycles. The van der Waals surface area contributed by atoms with Crippen molar-refractivity contribution >= 4 is 11.6 Å². The summed E-state index contributed by atoms with van der Waals surface area (Å²) in [7, 11) is 0. The molecule has 2 aromatic carbocycles. The second-order valence-corrected chi connectivity index (χ2v) is 7.55. The highest BCUT2D eigenvalue weighted by Gasteiger charge is 2.40. The number of aliphatic hydroxyl groups is 4. The number of likely N-dealkylation sites (tertiary alicyclic amines) is 1. The average Bonchev–Trinajstić information content (AvgIpc) is 2.74. The van der Waals surface area contributed by atoms with Gasteiger partial charge in [0.2, 0.25) is 5.91 Å². The topological polar surface area (TPSA) is 113 Å². The van der Waals surface area contributed by atoms with E-state index in [0.717, 1.165) is 11.1 Å². The van der Waals surface area contributed by atoms with Crippen LogP contribution < -0.4 is 5.32 Å². The number of hydrogen-bond donors (Lipinski definition) is 5. The Morgan fingerprint density at radius 3 is 2.34 bits per heavy atom. The van der Waals surface area contributed by atoms with Gasteiger partial charge < -0.3 is 25.7 Å². The lowest BCUT2D eigenvalue weighted by Gasteiger charge is -2.43. The van der Waals surface area contributed by atoms with Gasteiger partial charge in [-0.1, -0.05) is 42.5 Å². The van der Waals surface area contributed by atoms with E-state index < -0.39 is 24.4 Å². The van der Waals surface area contributed by atoms with Crippen LogP contribution in [-0.2, 0) is 11.3 Å². The Hall–Kier alpha value is -2.29. The van der Waals surface area contributed by atoms with Gasteiger partial charge in [0, 0.05) is 18.8 Å². The standard InChI is InChI=1S/C22H28N2O5/c1-14(16-5-3-2-4-6-16)22(29)23-17-9-7-15(8-10-17)11-24-12-19(26)21(28)20(27)18(24)13-25/h2-10,14,18-21,25-28H,11-13H2,1H3,(H,23,29)/t14-,18+,19+,20-,21-/m1/s1. The molecule has 0 aromatic heterocycles. The fourth-order valence-corrected chi connectivity index (χ4v) is 3.63. The number of carbonyl (C=O) groups is 1. The quantitative estimate of drug-likeness (QED) is 0.488. The van der Waals surface area contributed by atoms with Crippen molar-refractivity contribution in [1.82, 2.24) is 4.90 Å². The van der Waals surface area contributed by atoms with E-state index in [0.29, 0.717) is 12.2 Å². The summed E-state index contributed by atoms with van der Waals surface area (Å²) in [6, 6.07) is 16.2. The summed E-state index contributed by atoms with van der Waals surface area (Å²) >= 11 is 0. The van der Waals surface area contributed by atoms with E-state index in [1.165, 1.54) is 0 Å². The molecule has 0 aliphatic carbocycles. The zero-order valence-electron chi connectivity index (χ0n) is 16.3. The number of benzene rings is 2. The lowest BCUT2D eigenvalue weighted by molar-refractivity contribution is -0.147. The number of amides is 1. The lowest BCUT2D eigenvalue weighted by Crippen LogP contribution is -2.62. The number of aliphatic hydroxyl groups excluding tert-OH is 4. The maximum absolute atomic E-state index is 12.5. The van der Waals surface area contributed by atoms with Crippen LogP contribution in [0.3, 0.4) is 0 Å². The van der Waals surface area contributed by atoms with Gasteiger partial charge in [0.05, 0.1) is 24.7 Å². The maximum Gasteiger partial charge on any atom is 0.231 e. The summed E-state index contributed by atoms with van der Waals surface area (Å²) in [6.45, 7) is 2.07. The molecule has 2 aromatic rings. The Morgan fingerprint density at radius 2 is 1.72 bits per heavy atom. The van der Waals surface area contributed by atoms with Crippen LogP contribution in [0.5, 0.6) is 0 Å². The minimum atomic E-state index is -1.27. The van der Waals surface area contributed by atoms with Crippen molar-refractivity contribution in [3.05, 3.63) is 65.7 Å². The van der Waals surface area contributed by atoms with Crippen molar-refractivity contribution in [2.45, 2.75) is 43.7 Å². The van der Waals surface area contributed by atoms with E-state index in [1.807, 2.05) is 49.4 Å². The van der Waals surface area contributed by atoms with Gasteiger partial charge in [-0.05, 0) is 30.2 Å². The molecule has 5 N–H and O–H groups in total. The zero-order valence-corrected chi connectivity index (χ0v) is 16.3. The molecule has 0 unspecified atom stereocenters. The van der Waals surface area contributed by atoms with Crippen LogP contribution in [0.15, 0.2) is 54.6 Å². The number of rotatable bonds is 6. The molecule has 1 heterocycles. The minimum Gasteiger partial charge on any atom is -0.395 e. The monoisotopic (exact) mass is 400 g/mol. The molecule has 1 fully saturated rings. The molecule has 0 saturated carbocycles. The normalized spacial score (nSPS) is 26.1. The van der Waals surface area contributed by atoms with Crippen molar-refractivity contribution in [3.63, 3.8) is 0 Å². The third-order valence-corrected chi connectivity index (χ3v) is 5.52. The van der Waals surface area contributed by atoms with Gasteiger partial charge in [-0.15, -0.1) is 0 Å². The first-order valence-corrected chi connectivity index (χ1v) is 9.74. The van der Waals surface area contributed by atoms with E-state index >= 15 is 0 Å². The number of anilines is 1. The average molecular weight is 400 g/mol. The molecule has 7 nitrogen and oxygen atoms in total. The molecule has 29 heavy (non-hydrogen) atoms. The van der Waals surface area contributed by atoms with E-state index in [2.05, 4.69) is 5.32 Å². The van der Waals surface area contributed by atoms with Gasteiger partial charge in [-0.3, -0.25) is 9.69 Å².